The maximum atomic E-state index is 11.2. The molecule has 27 nitrogen and oxygen atoms in total. The lowest BCUT2D eigenvalue weighted by molar-refractivity contribution is -0.390. The lowest BCUT2D eigenvalue weighted by Gasteiger charge is -2.49. The zero-order valence-corrected chi connectivity index (χ0v) is 36.2. The van der Waals surface area contributed by atoms with Gasteiger partial charge in [-0.2, -0.15) is 0 Å². The lowest BCUT2D eigenvalue weighted by atomic mass is 9.95. The summed E-state index contributed by atoms with van der Waals surface area (Å²) in [5.41, 5.74) is 1.55. The van der Waals surface area contributed by atoms with Crippen molar-refractivity contribution in [3.8, 4) is 0 Å². The topological polar surface area (TPSA) is 430 Å². The molecule has 382 valence electrons. The molecule has 0 amide bonds. The van der Waals surface area contributed by atoms with E-state index in [1.54, 1.807) is 12.1 Å². The zero-order chi connectivity index (χ0) is 48.9. The monoisotopic (exact) mass is 963 g/mol. The molecule has 24 atom stereocenters. The van der Waals surface area contributed by atoms with Crippen molar-refractivity contribution in [2.24, 2.45) is 0 Å². The van der Waals surface area contributed by atoms with E-state index in [-0.39, 0.29) is 6.54 Å². The Morgan fingerprint density at radius 3 is 1.27 bits per heavy atom. The summed E-state index contributed by atoms with van der Waals surface area (Å²) in [4.78, 5) is 0. The molecule has 1 aromatic rings. The maximum Gasteiger partial charge on any atom is 0.187 e. The van der Waals surface area contributed by atoms with Crippen LogP contribution in [-0.2, 0) is 37.9 Å². The molecule has 0 saturated carbocycles. The van der Waals surface area contributed by atoms with E-state index in [1.807, 2.05) is 33.3 Å². The summed E-state index contributed by atoms with van der Waals surface area (Å²) in [5.74, 6) is 0. The third-order valence-electron chi connectivity index (χ3n) is 11.9. The van der Waals surface area contributed by atoms with Crippen LogP contribution in [-0.4, -0.2) is 295 Å². The van der Waals surface area contributed by atoms with E-state index in [9.17, 15) is 86.8 Å². The number of aliphatic hydroxyl groups is 17. The fourth-order valence-corrected chi connectivity index (χ4v) is 7.89. The lowest BCUT2D eigenvalue weighted by Crippen LogP contribution is -2.67. The van der Waals surface area contributed by atoms with E-state index in [4.69, 9.17) is 37.9 Å². The van der Waals surface area contributed by atoms with E-state index in [2.05, 4.69) is 5.32 Å². The van der Waals surface area contributed by atoms with Crippen LogP contribution in [0.15, 0.2) is 24.3 Å². The Hall–Kier alpha value is -2.02. The molecule has 4 saturated heterocycles. The van der Waals surface area contributed by atoms with Gasteiger partial charge < -0.3 is 130 Å². The summed E-state index contributed by atoms with van der Waals surface area (Å²) in [6.45, 7) is -5.00. The molecular formula is C39H67N2O25+. The van der Waals surface area contributed by atoms with E-state index in [0.29, 0.717) is 10.2 Å². The third kappa shape index (κ3) is 12.3. The molecule has 0 aliphatic carbocycles. The highest BCUT2D eigenvalue weighted by Gasteiger charge is 2.55. The fourth-order valence-electron chi connectivity index (χ4n) is 7.89. The van der Waals surface area contributed by atoms with E-state index < -0.39 is 180 Å². The van der Waals surface area contributed by atoms with Gasteiger partial charge >= 0.3 is 0 Å². The van der Waals surface area contributed by atoms with Crippen LogP contribution in [0.4, 0.5) is 11.4 Å². The average molecular weight is 964 g/mol. The second-order valence-electron chi connectivity index (χ2n) is 17.5. The van der Waals surface area contributed by atoms with E-state index in [0.717, 1.165) is 5.69 Å². The van der Waals surface area contributed by atoms with Crippen LogP contribution >= 0.6 is 0 Å². The van der Waals surface area contributed by atoms with Crippen molar-refractivity contribution in [3.63, 3.8) is 0 Å². The van der Waals surface area contributed by atoms with Crippen molar-refractivity contribution in [2.45, 2.75) is 147 Å². The number of nitrogens with zero attached hydrogens (tertiary/aromatic N) is 1. The summed E-state index contributed by atoms with van der Waals surface area (Å²) in [6, 6.07) is 7.19. The van der Waals surface area contributed by atoms with Gasteiger partial charge in [-0.15, -0.1) is 0 Å². The largest absolute Gasteiger partial charge is 0.394 e. The number of anilines is 1. The number of quaternary nitrogens is 1. The van der Waals surface area contributed by atoms with Crippen molar-refractivity contribution in [1.29, 1.82) is 0 Å². The Kier molecular flexibility index (Phi) is 19.7. The Balaban J connectivity index is 1.20. The highest BCUT2D eigenvalue weighted by Crippen LogP contribution is 2.35. The quantitative estimate of drug-likeness (QED) is 0.0540. The van der Waals surface area contributed by atoms with Crippen LogP contribution in [0, 0.1) is 0 Å². The van der Waals surface area contributed by atoms with Crippen LogP contribution in [0.1, 0.15) is 0 Å². The van der Waals surface area contributed by atoms with Crippen LogP contribution in [0.25, 0.3) is 0 Å². The fraction of sp³-hybridized carbons (Fsp3) is 0.846. The molecule has 0 unspecified atom stereocenters. The van der Waals surface area contributed by atoms with Gasteiger partial charge in [0, 0.05) is 24.4 Å². The number of aliphatic hydroxyl groups excluding tert-OH is 17. The summed E-state index contributed by atoms with van der Waals surface area (Å²) < 4.78 is 45.1. The summed E-state index contributed by atoms with van der Waals surface area (Å²) in [7, 11) is 5.92. The molecule has 0 radical (unpaired) electrons. The van der Waals surface area contributed by atoms with Crippen molar-refractivity contribution in [3.05, 3.63) is 24.3 Å². The van der Waals surface area contributed by atoms with Crippen LogP contribution in [0.3, 0.4) is 0 Å². The molecule has 0 spiro atoms. The Morgan fingerprint density at radius 2 is 0.879 bits per heavy atom. The smallest absolute Gasteiger partial charge is 0.187 e. The van der Waals surface area contributed by atoms with E-state index >= 15 is 0 Å². The number of benzene rings is 1. The minimum atomic E-state index is -2.14. The van der Waals surface area contributed by atoms with Gasteiger partial charge in [-0.05, 0) is 12.1 Å². The van der Waals surface area contributed by atoms with Gasteiger partial charge in [0.2, 0.25) is 0 Å². The van der Waals surface area contributed by atoms with Gasteiger partial charge in [0.1, 0.15) is 122 Å². The molecular weight excluding hydrogens is 896 g/mol. The molecule has 18 N–H and O–H groups in total. The first-order valence-corrected chi connectivity index (χ1v) is 21.2. The average Bonchev–Trinajstić information content (AvgIpc) is 3.30. The molecule has 66 heavy (non-hydrogen) atoms. The van der Waals surface area contributed by atoms with Gasteiger partial charge in [-0.25, -0.2) is 0 Å². The number of rotatable bonds is 20. The summed E-state index contributed by atoms with van der Waals surface area (Å²) in [6.07, 6.45) is -44.8. The van der Waals surface area contributed by atoms with E-state index in [1.165, 1.54) is 0 Å². The highest BCUT2D eigenvalue weighted by atomic mass is 16.8. The number of ether oxygens (including phenoxy) is 8. The predicted molar refractivity (Wildman–Crippen MR) is 216 cm³/mol. The van der Waals surface area contributed by atoms with Gasteiger partial charge in [-0.1, -0.05) is 0 Å². The first-order valence-electron chi connectivity index (χ1n) is 21.2. The molecule has 5 rings (SSSR count). The molecule has 1 aromatic carbocycles. The van der Waals surface area contributed by atoms with Crippen molar-refractivity contribution < 1.29 is 125 Å². The normalized spacial score (nSPS) is 42.1. The van der Waals surface area contributed by atoms with Crippen molar-refractivity contribution in [2.75, 3.05) is 66.0 Å². The predicted octanol–water partition coefficient (Wildman–Crippen LogP) is -9.97. The number of hydrogen-bond donors (Lipinski definition) is 18. The second-order valence-corrected chi connectivity index (χ2v) is 17.5. The van der Waals surface area contributed by atoms with Gasteiger partial charge in [0.05, 0.1) is 60.3 Å². The maximum absolute atomic E-state index is 11.2. The molecule has 27 heteroatoms. The Bertz CT molecular complexity index is 1590. The SMILES string of the molecule is C[N+](C)(C)c1ccc(NC[C@H](O)[C@@H](O)[C@H](O[C@H]2O[C@H](CO)[C@@H](O[C@H]3O[C@H](CO)[C@@H](O[C@H]4O[C@H](CO)[C@@H](O[C@H]5O[C@H](CO)[C@@H](O)[C@H](O)[C@H]5O)[C@H](O)[C@H]4O)[C@H](O)[C@H]3O)[C@H](O)[C@H]2O)[C@H](O)CO)cc1. The first kappa shape index (κ1) is 54.9. The number of nitrogens with one attached hydrogen (secondary N) is 1. The van der Waals surface area contributed by atoms with Gasteiger partial charge in [0.25, 0.3) is 0 Å². The van der Waals surface area contributed by atoms with Crippen molar-refractivity contribution >= 4 is 11.4 Å². The van der Waals surface area contributed by atoms with Crippen molar-refractivity contribution in [1.82, 2.24) is 4.48 Å². The number of hydrogen-bond acceptors (Lipinski definition) is 26. The van der Waals surface area contributed by atoms with Crippen LogP contribution in [0.2, 0.25) is 0 Å². The van der Waals surface area contributed by atoms with Gasteiger partial charge in [0.15, 0.2) is 25.2 Å². The Morgan fingerprint density at radius 1 is 0.500 bits per heavy atom. The zero-order valence-electron chi connectivity index (χ0n) is 36.2. The highest BCUT2D eigenvalue weighted by molar-refractivity contribution is 5.52. The summed E-state index contributed by atoms with van der Waals surface area (Å²) >= 11 is 0. The first-order chi connectivity index (χ1) is 31.1. The molecule has 0 aromatic heterocycles. The minimum absolute atomic E-state index is 0.283. The second kappa shape index (κ2) is 23.7. The molecule has 4 aliphatic heterocycles. The Labute approximate surface area is 377 Å². The third-order valence-corrected chi connectivity index (χ3v) is 11.9. The molecule has 4 aliphatic rings. The summed E-state index contributed by atoms with van der Waals surface area (Å²) in [5, 5.41) is 182. The molecule has 0 bridgehead atoms. The standard InChI is InChI=1S/C39H67N2O25/c1-41(2,3)15-6-4-14(5-7-15)40-8-16(47)22(49)32(17(48)9-42)63-37-29(56)25(52)34(19(11-44)60-37)65-39-31(58)27(54)35(21(13-46)62-39)66-38-30(57)26(53)33(20(12-45)61-38)64-36-28(55)24(51)23(50)18(10-43)59-36/h4-7,16-40,42-58H,8-13H2,1-3H3/q+1/t16-,17+,18+,19+,20+,21+,22+,23+,24-,25+,26+,27+,28+,29+,30+,31+,32+,33+,34+,35+,36+,37+,38+,39+/m0/s1. The minimum Gasteiger partial charge on any atom is -0.394 e. The van der Waals surface area contributed by atoms with Crippen LogP contribution < -0.4 is 9.80 Å². The molecule has 4 fully saturated rings. The van der Waals surface area contributed by atoms with Gasteiger partial charge in [-0.3, -0.25) is 4.48 Å². The van der Waals surface area contributed by atoms with Crippen LogP contribution in [0.5, 0.6) is 0 Å². The molecule has 4 heterocycles.